The first-order valence-electron chi connectivity index (χ1n) is 7.47. The number of aryl methyl sites for hydroxylation is 1. The van der Waals surface area contributed by atoms with E-state index >= 15 is 0 Å². The molecule has 0 fully saturated rings. The Kier molecular flexibility index (Phi) is 5.65. The van der Waals surface area contributed by atoms with Crippen molar-refractivity contribution in [3.05, 3.63) is 65.0 Å². The van der Waals surface area contributed by atoms with Crippen LogP contribution in [0, 0.1) is 12.7 Å². The normalized spacial score (nSPS) is 11.7. The number of nitrogens with one attached hydrogen (secondary N) is 2. The summed E-state index contributed by atoms with van der Waals surface area (Å²) in [6.45, 7) is 3.21. The Hall–Kier alpha value is -2.73. The molecule has 0 bridgehead atoms. The third-order valence-electron chi connectivity index (χ3n) is 3.52. The molecule has 0 saturated heterocycles. The number of benzene rings is 2. The average Bonchev–Trinajstić information content (AvgIpc) is 2.54. The van der Waals surface area contributed by atoms with E-state index in [-0.39, 0.29) is 24.2 Å². The molecule has 0 spiro atoms. The van der Waals surface area contributed by atoms with E-state index in [2.05, 4.69) is 10.6 Å². The molecular weight excluding hydrogens is 311 g/mol. The maximum atomic E-state index is 12.9. The van der Waals surface area contributed by atoms with Gasteiger partial charge in [-0.1, -0.05) is 18.2 Å². The van der Waals surface area contributed by atoms with Gasteiger partial charge in [-0.25, -0.2) is 4.39 Å². The first kappa shape index (κ1) is 17.6. The Morgan fingerprint density at radius 1 is 1.17 bits per heavy atom. The number of rotatable bonds is 5. The molecule has 126 valence electrons. The Balaban J connectivity index is 2.01. The number of halogens is 1. The molecule has 6 heteroatoms. The summed E-state index contributed by atoms with van der Waals surface area (Å²) in [4.78, 5) is 23.4. The van der Waals surface area contributed by atoms with Crippen LogP contribution < -0.4 is 10.6 Å². The number of anilines is 1. The van der Waals surface area contributed by atoms with E-state index in [0.717, 1.165) is 5.56 Å². The van der Waals surface area contributed by atoms with Crippen LogP contribution in [0.25, 0.3) is 0 Å². The molecule has 24 heavy (non-hydrogen) atoms. The maximum Gasteiger partial charge on any atom is 0.251 e. The molecule has 0 aliphatic carbocycles. The van der Waals surface area contributed by atoms with Crippen LogP contribution in [0.15, 0.2) is 42.5 Å². The zero-order valence-corrected chi connectivity index (χ0v) is 13.5. The van der Waals surface area contributed by atoms with Crippen LogP contribution in [0.3, 0.4) is 0 Å². The third-order valence-corrected chi connectivity index (χ3v) is 3.52. The molecule has 0 saturated carbocycles. The molecule has 1 unspecified atom stereocenters. The second-order valence-electron chi connectivity index (χ2n) is 5.49. The van der Waals surface area contributed by atoms with Gasteiger partial charge in [0.25, 0.3) is 5.91 Å². The summed E-state index contributed by atoms with van der Waals surface area (Å²) in [5, 5.41) is 15.3. The van der Waals surface area contributed by atoms with Crippen molar-refractivity contribution in [2.24, 2.45) is 0 Å². The van der Waals surface area contributed by atoms with E-state index in [1.165, 1.54) is 31.2 Å². The van der Waals surface area contributed by atoms with Crippen molar-refractivity contribution in [1.29, 1.82) is 0 Å². The predicted octanol–water partition coefficient (Wildman–Crippen LogP) is 2.56. The minimum Gasteiger partial charge on any atom is -0.387 e. The van der Waals surface area contributed by atoms with Crippen molar-refractivity contribution in [3.63, 3.8) is 0 Å². The van der Waals surface area contributed by atoms with Crippen LogP contribution in [0.4, 0.5) is 10.1 Å². The number of carbonyl (C=O) groups is 2. The van der Waals surface area contributed by atoms with Gasteiger partial charge in [-0.15, -0.1) is 0 Å². The van der Waals surface area contributed by atoms with E-state index < -0.39 is 6.10 Å². The minimum atomic E-state index is -0.935. The van der Waals surface area contributed by atoms with Crippen molar-refractivity contribution in [1.82, 2.24) is 5.32 Å². The molecule has 2 rings (SSSR count). The van der Waals surface area contributed by atoms with E-state index in [1.807, 2.05) is 6.92 Å². The first-order chi connectivity index (χ1) is 11.4. The quantitative estimate of drug-likeness (QED) is 0.788. The highest BCUT2D eigenvalue weighted by Crippen LogP contribution is 2.17. The summed E-state index contributed by atoms with van der Waals surface area (Å²) in [7, 11) is 0. The van der Waals surface area contributed by atoms with Gasteiger partial charge in [0, 0.05) is 24.7 Å². The second-order valence-corrected chi connectivity index (χ2v) is 5.49. The van der Waals surface area contributed by atoms with Crippen molar-refractivity contribution >= 4 is 17.5 Å². The summed E-state index contributed by atoms with van der Waals surface area (Å²) in [5.74, 6) is -0.981. The number of hydrogen-bond donors (Lipinski definition) is 3. The van der Waals surface area contributed by atoms with Crippen LogP contribution in [0.1, 0.15) is 34.5 Å². The van der Waals surface area contributed by atoms with Crippen molar-refractivity contribution in [2.75, 3.05) is 11.9 Å². The Labute approximate surface area is 139 Å². The van der Waals surface area contributed by atoms with Gasteiger partial charge in [-0.3, -0.25) is 9.59 Å². The number of amides is 2. The summed E-state index contributed by atoms with van der Waals surface area (Å²) < 4.78 is 12.9. The van der Waals surface area contributed by atoms with E-state index in [1.54, 1.807) is 18.2 Å². The summed E-state index contributed by atoms with van der Waals surface area (Å²) >= 11 is 0. The van der Waals surface area contributed by atoms with Gasteiger partial charge in [0.1, 0.15) is 5.82 Å². The highest BCUT2D eigenvalue weighted by atomic mass is 19.1. The fourth-order valence-corrected chi connectivity index (χ4v) is 2.18. The topological polar surface area (TPSA) is 78.4 Å². The molecule has 0 aliphatic rings. The van der Waals surface area contributed by atoms with Gasteiger partial charge in [0.15, 0.2) is 0 Å². The molecule has 2 aromatic rings. The Bertz CT molecular complexity index is 744. The lowest BCUT2D eigenvalue weighted by atomic mass is 10.1. The highest BCUT2D eigenvalue weighted by molar-refractivity contribution is 5.97. The van der Waals surface area contributed by atoms with E-state index in [0.29, 0.717) is 16.8 Å². The molecule has 0 aliphatic heterocycles. The van der Waals surface area contributed by atoms with Crippen molar-refractivity contribution in [3.8, 4) is 0 Å². The molecule has 2 amide bonds. The number of hydrogen-bond acceptors (Lipinski definition) is 3. The lowest BCUT2D eigenvalue weighted by Gasteiger charge is -2.13. The van der Waals surface area contributed by atoms with Gasteiger partial charge in [-0.05, 0) is 42.3 Å². The monoisotopic (exact) mass is 330 g/mol. The summed E-state index contributed by atoms with van der Waals surface area (Å²) in [6.07, 6.45) is -0.935. The van der Waals surface area contributed by atoms with Crippen LogP contribution in [-0.2, 0) is 4.79 Å². The van der Waals surface area contributed by atoms with Crippen LogP contribution in [0.5, 0.6) is 0 Å². The van der Waals surface area contributed by atoms with Gasteiger partial charge < -0.3 is 15.7 Å². The highest BCUT2D eigenvalue weighted by Gasteiger charge is 2.12. The zero-order chi connectivity index (χ0) is 17.7. The zero-order valence-electron chi connectivity index (χ0n) is 13.5. The fourth-order valence-electron chi connectivity index (χ4n) is 2.18. The standard InChI is InChI=1S/C18H19FN2O3/c1-11-3-4-14(9-16(11)21-12(2)22)18(24)20-10-17(23)13-5-7-15(19)8-6-13/h3-9,17,23H,10H2,1-2H3,(H,20,24)(H,21,22). The average molecular weight is 330 g/mol. The molecule has 5 nitrogen and oxygen atoms in total. The molecule has 0 radical (unpaired) electrons. The van der Waals surface area contributed by atoms with E-state index in [9.17, 15) is 19.1 Å². The largest absolute Gasteiger partial charge is 0.387 e. The van der Waals surface area contributed by atoms with Gasteiger partial charge in [0.05, 0.1) is 6.10 Å². The van der Waals surface area contributed by atoms with Crippen LogP contribution in [0.2, 0.25) is 0 Å². The molecular formula is C18H19FN2O3. The molecule has 3 N–H and O–H groups in total. The number of aliphatic hydroxyl groups is 1. The van der Waals surface area contributed by atoms with Gasteiger partial charge in [-0.2, -0.15) is 0 Å². The summed E-state index contributed by atoms with van der Waals surface area (Å²) in [6, 6.07) is 10.4. The lowest BCUT2D eigenvalue weighted by Crippen LogP contribution is -2.28. The summed E-state index contributed by atoms with van der Waals surface area (Å²) in [5.41, 5.74) is 2.29. The fraction of sp³-hybridized carbons (Fsp3) is 0.222. The van der Waals surface area contributed by atoms with Crippen molar-refractivity contribution < 1.29 is 19.1 Å². The minimum absolute atomic E-state index is 0.00614. The first-order valence-corrected chi connectivity index (χ1v) is 7.47. The van der Waals surface area contributed by atoms with E-state index in [4.69, 9.17) is 0 Å². The Morgan fingerprint density at radius 3 is 2.46 bits per heavy atom. The molecule has 1 atom stereocenters. The number of carbonyl (C=O) groups excluding carboxylic acids is 2. The van der Waals surface area contributed by atoms with Gasteiger partial charge >= 0.3 is 0 Å². The van der Waals surface area contributed by atoms with Crippen molar-refractivity contribution in [2.45, 2.75) is 20.0 Å². The molecule has 2 aromatic carbocycles. The van der Waals surface area contributed by atoms with Gasteiger partial charge in [0.2, 0.25) is 5.91 Å². The number of aliphatic hydroxyl groups excluding tert-OH is 1. The van der Waals surface area contributed by atoms with Crippen LogP contribution >= 0.6 is 0 Å². The maximum absolute atomic E-state index is 12.9. The Morgan fingerprint density at radius 2 is 1.83 bits per heavy atom. The lowest BCUT2D eigenvalue weighted by molar-refractivity contribution is -0.114. The smallest absolute Gasteiger partial charge is 0.251 e. The molecule has 0 heterocycles. The second kappa shape index (κ2) is 7.70. The molecule has 0 aromatic heterocycles. The SMILES string of the molecule is CC(=O)Nc1cc(C(=O)NCC(O)c2ccc(F)cc2)ccc1C. The predicted molar refractivity (Wildman–Crippen MR) is 89.2 cm³/mol. The van der Waals surface area contributed by atoms with Crippen LogP contribution in [-0.4, -0.2) is 23.5 Å². The third kappa shape index (κ3) is 4.63.